The monoisotopic (exact) mass is 264 g/mol. The van der Waals surface area contributed by atoms with Gasteiger partial charge in [-0.2, -0.15) is 0 Å². The van der Waals surface area contributed by atoms with Crippen LogP contribution in [0.3, 0.4) is 0 Å². The molecule has 19 heavy (non-hydrogen) atoms. The minimum atomic E-state index is 0.385. The highest BCUT2D eigenvalue weighted by Gasteiger charge is 2.22. The van der Waals surface area contributed by atoms with Crippen molar-refractivity contribution in [2.45, 2.75) is 46.1 Å². The standard InChI is InChI=1S/C16H28N2O/c1-4-10-18(12-15-6-5-9-17-11-15)14(3)16-8-7-13(2)19-16/h7-8,14-15,17H,4-6,9-12H2,1-3H3. The maximum atomic E-state index is 5.80. The van der Waals surface area contributed by atoms with Crippen LogP contribution in [0.5, 0.6) is 0 Å². The predicted octanol–water partition coefficient (Wildman–Crippen LogP) is 3.36. The number of furan rings is 1. The van der Waals surface area contributed by atoms with Gasteiger partial charge in [0.25, 0.3) is 0 Å². The van der Waals surface area contributed by atoms with Crippen LogP contribution in [0.2, 0.25) is 0 Å². The quantitative estimate of drug-likeness (QED) is 0.854. The average molecular weight is 264 g/mol. The highest BCUT2D eigenvalue weighted by molar-refractivity contribution is 5.09. The second-order valence-electron chi connectivity index (χ2n) is 5.83. The van der Waals surface area contributed by atoms with Gasteiger partial charge in [-0.05, 0) is 70.8 Å². The van der Waals surface area contributed by atoms with E-state index in [1.54, 1.807) is 0 Å². The lowest BCUT2D eigenvalue weighted by Crippen LogP contribution is -2.39. The lowest BCUT2D eigenvalue weighted by atomic mass is 9.98. The molecule has 3 nitrogen and oxygen atoms in total. The molecule has 1 aliphatic heterocycles. The highest BCUT2D eigenvalue weighted by Crippen LogP contribution is 2.24. The van der Waals surface area contributed by atoms with Crippen LogP contribution >= 0.6 is 0 Å². The molecule has 3 heteroatoms. The van der Waals surface area contributed by atoms with Crippen molar-refractivity contribution in [3.8, 4) is 0 Å². The van der Waals surface area contributed by atoms with Gasteiger partial charge in [0.2, 0.25) is 0 Å². The summed E-state index contributed by atoms with van der Waals surface area (Å²) < 4.78 is 5.80. The molecule has 2 heterocycles. The van der Waals surface area contributed by atoms with E-state index in [0.29, 0.717) is 6.04 Å². The molecular weight excluding hydrogens is 236 g/mol. The first kappa shape index (κ1) is 14.6. The topological polar surface area (TPSA) is 28.4 Å². The van der Waals surface area contributed by atoms with Crippen LogP contribution in [-0.2, 0) is 0 Å². The van der Waals surface area contributed by atoms with E-state index < -0.39 is 0 Å². The second-order valence-corrected chi connectivity index (χ2v) is 5.83. The maximum absolute atomic E-state index is 5.80. The largest absolute Gasteiger partial charge is 0.465 e. The molecule has 1 aliphatic rings. The van der Waals surface area contributed by atoms with Crippen molar-refractivity contribution in [2.24, 2.45) is 5.92 Å². The number of aryl methyl sites for hydroxylation is 1. The zero-order valence-electron chi connectivity index (χ0n) is 12.6. The first-order valence-electron chi connectivity index (χ1n) is 7.71. The third kappa shape index (κ3) is 4.08. The van der Waals surface area contributed by atoms with Crippen molar-refractivity contribution in [2.75, 3.05) is 26.2 Å². The van der Waals surface area contributed by atoms with Gasteiger partial charge in [0, 0.05) is 6.54 Å². The maximum Gasteiger partial charge on any atom is 0.121 e. The van der Waals surface area contributed by atoms with Crippen molar-refractivity contribution in [1.29, 1.82) is 0 Å². The number of nitrogens with one attached hydrogen (secondary N) is 1. The fraction of sp³-hybridized carbons (Fsp3) is 0.750. The van der Waals surface area contributed by atoms with Crippen molar-refractivity contribution in [3.63, 3.8) is 0 Å². The first-order chi connectivity index (χ1) is 9.20. The summed E-state index contributed by atoms with van der Waals surface area (Å²) in [4.78, 5) is 2.58. The molecule has 2 atom stereocenters. The number of hydrogen-bond acceptors (Lipinski definition) is 3. The summed E-state index contributed by atoms with van der Waals surface area (Å²) >= 11 is 0. The van der Waals surface area contributed by atoms with Crippen molar-refractivity contribution >= 4 is 0 Å². The van der Waals surface area contributed by atoms with Crippen molar-refractivity contribution in [1.82, 2.24) is 10.2 Å². The smallest absolute Gasteiger partial charge is 0.121 e. The third-order valence-electron chi connectivity index (χ3n) is 4.12. The van der Waals surface area contributed by atoms with Gasteiger partial charge in [0.15, 0.2) is 0 Å². The molecule has 0 saturated carbocycles. The Labute approximate surface area is 117 Å². The van der Waals surface area contributed by atoms with Crippen LogP contribution in [0.25, 0.3) is 0 Å². The zero-order chi connectivity index (χ0) is 13.7. The van der Waals surface area contributed by atoms with Crippen LogP contribution in [-0.4, -0.2) is 31.1 Å². The SMILES string of the molecule is CCCN(CC1CCCNC1)C(C)c1ccc(C)o1. The fourth-order valence-electron chi connectivity index (χ4n) is 3.00. The normalized spacial score (nSPS) is 21.8. The lowest BCUT2D eigenvalue weighted by molar-refractivity contribution is 0.147. The molecule has 0 radical (unpaired) electrons. The molecular formula is C16H28N2O. The van der Waals surface area contributed by atoms with Gasteiger partial charge in [0.05, 0.1) is 6.04 Å². The van der Waals surface area contributed by atoms with Gasteiger partial charge < -0.3 is 9.73 Å². The van der Waals surface area contributed by atoms with Gasteiger partial charge in [0.1, 0.15) is 11.5 Å². The van der Waals surface area contributed by atoms with Gasteiger partial charge >= 0.3 is 0 Å². The number of rotatable bonds is 6. The molecule has 0 amide bonds. The first-order valence-corrected chi connectivity index (χ1v) is 7.71. The summed E-state index contributed by atoms with van der Waals surface area (Å²) in [6, 6.07) is 4.58. The van der Waals surface area contributed by atoms with Crippen molar-refractivity contribution < 1.29 is 4.42 Å². The van der Waals surface area contributed by atoms with E-state index in [-0.39, 0.29) is 0 Å². The Kier molecular flexibility index (Phi) is 5.46. The molecule has 0 aromatic carbocycles. The van der Waals surface area contributed by atoms with Crippen LogP contribution < -0.4 is 5.32 Å². The lowest BCUT2D eigenvalue weighted by Gasteiger charge is -2.33. The Bertz CT molecular complexity index is 369. The summed E-state index contributed by atoms with van der Waals surface area (Å²) in [7, 11) is 0. The Hall–Kier alpha value is -0.800. The van der Waals surface area contributed by atoms with E-state index in [1.165, 1.54) is 38.9 Å². The average Bonchev–Trinajstić information content (AvgIpc) is 2.85. The molecule has 0 bridgehead atoms. The molecule has 0 aliphatic carbocycles. The molecule has 2 rings (SSSR count). The fourth-order valence-corrected chi connectivity index (χ4v) is 3.00. The number of hydrogen-bond donors (Lipinski definition) is 1. The summed E-state index contributed by atoms with van der Waals surface area (Å²) in [5, 5.41) is 3.52. The number of nitrogens with zero attached hydrogens (tertiary/aromatic N) is 1. The molecule has 1 fully saturated rings. The Morgan fingerprint density at radius 3 is 2.89 bits per heavy atom. The van der Waals surface area contributed by atoms with Crippen LogP contribution in [0.1, 0.15) is 50.7 Å². The second kappa shape index (κ2) is 7.11. The van der Waals surface area contributed by atoms with Crippen LogP contribution in [0, 0.1) is 12.8 Å². The Morgan fingerprint density at radius 1 is 1.47 bits per heavy atom. The van der Waals surface area contributed by atoms with Gasteiger partial charge in [-0.3, -0.25) is 4.90 Å². The molecule has 1 aromatic heterocycles. The van der Waals surface area contributed by atoms with Gasteiger partial charge in [-0.15, -0.1) is 0 Å². The van der Waals surface area contributed by atoms with E-state index in [0.717, 1.165) is 24.0 Å². The minimum Gasteiger partial charge on any atom is -0.465 e. The zero-order valence-corrected chi connectivity index (χ0v) is 12.6. The molecule has 2 unspecified atom stereocenters. The van der Waals surface area contributed by atoms with E-state index in [2.05, 4.69) is 36.2 Å². The van der Waals surface area contributed by atoms with E-state index in [4.69, 9.17) is 4.42 Å². The Balaban J connectivity index is 1.97. The van der Waals surface area contributed by atoms with E-state index in [1.807, 2.05) is 6.92 Å². The molecule has 1 saturated heterocycles. The van der Waals surface area contributed by atoms with Gasteiger partial charge in [-0.1, -0.05) is 6.92 Å². The van der Waals surface area contributed by atoms with Gasteiger partial charge in [-0.25, -0.2) is 0 Å². The third-order valence-corrected chi connectivity index (χ3v) is 4.12. The Morgan fingerprint density at radius 2 is 2.32 bits per heavy atom. The minimum absolute atomic E-state index is 0.385. The summed E-state index contributed by atoms with van der Waals surface area (Å²) in [5.74, 6) is 2.91. The summed E-state index contributed by atoms with van der Waals surface area (Å²) in [6.07, 6.45) is 3.88. The van der Waals surface area contributed by atoms with Crippen LogP contribution in [0.15, 0.2) is 16.5 Å². The van der Waals surface area contributed by atoms with E-state index in [9.17, 15) is 0 Å². The molecule has 108 valence electrons. The van der Waals surface area contributed by atoms with Crippen LogP contribution in [0.4, 0.5) is 0 Å². The molecule has 1 N–H and O–H groups in total. The predicted molar refractivity (Wildman–Crippen MR) is 79.3 cm³/mol. The molecule has 1 aromatic rings. The highest BCUT2D eigenvalue weighted by atomic mass is 16.3. The summed E-state index contributed by atoms with van der Waals surface area (Å²) in [5.41, 5.74) is 0. The summed E-state index contributed by atoms with van der Waals surface area (Å²) in [6.45, 7) is 11.2. The number of piperidine rings is 1. The van der Waals surface area contributed by atoms with E-state index >= 15 is 0 Å². The molecule has 0 spiro atoms. The van der Waals surface area contributed by atoms with Crippen molar-refractivity contribution in [3.05, 3.63) is 23.7 Å².